The molecule has 2 heteroatoms. The van der Waals surface area contributed by atoms with Crippen LogP contribution in [0.15, 0.2) is 0 Å². The molecule has 0 rings (SSSR count). The number of unbranched alkanes of at least 4 members (excludes halogenated alkanes) is 1. The number of rotatable bonds is 6. The van der Waals surface area contributed by atoms with Gasteiger partial charge in [0, 0.05) is 19.4 Å². The fraction of sp³-hybridized carbons (Fsp3) is 0.667. The summed E-state index contributed by atoms with van der Waals surface area (Å²) in [7, 11) is 0. The van der Waals surface area contributed by atoms with Gasteiger partial charge in [-0.15, -0.1) is 12.3 Å². The fourth-order valence-corrected chi connectivity index (χ4v) is 0.676. The normalized spacial score (nSPS) is 9.09. The largest absolute Gasteiger partial charge is 0.374 e. The number of hydrogen-bond acceptors (Lipinski definition) is 2. The van der Waals surface area contributed by atoms with Crippen molar-refractivity contribution in [3.63, 3.8) is 0 Å². The summed E-state index contributed by atoms with van der Waals surface area (Å²) >= 11 is 0. The highest BCUT2D eigenvalue weighted by molar-refractivity contribution is 5.79. The Labute approximate surface area is 67.9 Å². The molecule has 0 amide bonds. The van der Waals surface area contributed by atoms with E-state index in [2.05, 4.69) is 5.92 Å². The Morgan fingerprint density at radius 3 is 2.91 bits per heavy atom. The molecule has 0 aliphatic carbocycles. The lowest BCUT2D eigenvalue weighted by molar-refractivity contribution is -0.123. The van der Waals surface area contributed by atoms with Crippen LogP contribution in [-0.4, -0.2) is 19.0 Å². The molecule has 0 atom stereocenters. The third kappa shape index (κ3) is 7.08. The maximum Gasteiger partial charge on any atom is 0.158 e. The van der Waals surface area contributed by atoms with Gasteiger partial charge in [0.25, 0.3) is 0 Å². The van der Waals surface area contributed by atoms with E-state index in [1.165, 1.54) is 0 Å². The fourth-order valence-electron chi connectivity index (χ4n) is 0.676. The SMILES string of the molecule is C#CCCCC(=O)COCC. The molecule has 0 saturated carbocycles. The van der Waals surface area contributed by atoms with Crippen molar-refractivity contribution in [2.75, 3.05) is 13.2 Å². The first kappa shape index (κ1) is 10.2. The van der Waals surface area contributed by atoms with Crippen LogP contribution in [-0.2, 0) is 9.53 Å². The van der Waals surface area contributed by atoms with Crippen LogP contribution < -0.4 is 0 Å². The summed E-state index contributed by atoms with van der Waals surface area (Å²) in [5.41, 5.74) is 0. The summed E-state index contributed by atoms with van der Waals surface area (Å²) in [4.78, 5) is 10.9. The summed E-state index contributed by atoms with van der Waals surface area (Å²) < 4.78 is 4.92. The molecular formula is C9H14O2. The van der Waals surface area contributed by atoms with Gasteiger partial charge < -0.3 is 4.74 Å². The van der Waals surface area contributed by atoms with Crippen molar-refractivity contribution in [1.29, 1.82) is 0 Å². The highest BCUT2D eigenvalue weighted by Gasteiger charge is 1.99. The molecule has 0 saturated heterocycles. The third-order valence-corrected chi connectivity index (χ3v) is 1.24. The second kappa shape index (κ2) is 7.30. The molecule has 0 fully saturated rings. The van der Waals surface area contributed by atoms with Gasteiger partial charge in [-0.1, -0.05) is 0 Å². The van der Waals surface area contributed by atoms with Crippen LogP contribution in [0.25, 0.3) is 0 Å². The van der Waals surface area contributed by atoms with E-state index in [4.69, 9.17) is 11.2 Å². The van der Waals surface area contributed by atoms with Gasteiger partial charge in [0.15, 0.2) is 5.78 Å². The van der Waals surface area contributed by atoms with Crippen molar-refractivity contribution in [3.8, 4) is 12.3 Å². The average Bonchev–Trinajstić information content (AvgIpc) is 2.01. The van der Waals surface area contributed by atoms with Gasteiger partial charge >= 0.3 is 0 Å². The molecule has 2 nitrogen and oxygen atoms in total. The molecule has 0 unspecified atom stereocenters. The van der Waals surface area contributed by atoms with Gasteiger partial charge in [0.1, 0.15) is 6.61 Å². The van der Waals surface area contributed by atoms with Crippen molar-refractivity contribution in [1.82, 2.24) is 0 Å². The van der Waals surface area contributed by atoms with Crippen LogP contribution in [0.5, 0.6) is 0 Å². The summed E-state index contributed by atoms with van der Waals surface area (Å²) in [5.74, 6) is 2.63. The van der Waals surface area contributed by atoms with E-state index in [9.17, 15) is 4.79 Å². The van der Waals surface area contributed by atoms with Gasteiger partial charge in [-0.25, -0.2) is 0 Å². The molecule has 0 heterocycles. The molecule has 0 N–H and O–H groups in total. The number of Topliss-reactive ketones (excluding diaryl/α,β-unsaturated/α-hetero) is 1. The zero-order valence-corrected chi connectivity index (χ0v) is 6.93. The van der Waals surface area contributed by atoms with Crippen molar-refractivity contribution >= 4 is 5.78 Å². The van der Waals surface area contributed by atoms with Crippen LogP contribution in [0.1, 0.15) is 26.2 Å². The minimum Gasteiger partial charge on any atom is -0.374 e. The van der Waals surface area contributed by atoms with E-state index >= 15 is 0 Å². The lowest BCUT2D eigenvalue weighted by Gasteiger charge is -1.98. The number of ether oxygens (including phenoxy) is 1. The highest BCUT2D eigenvalue weighted by Crippen LogP contribution is 1.95. The summed E-state index contributed by atoms with van der Waals surface area (Å²) in [6.45, 7) is 2.71. The van der Waals surface area contributed by atoms with Gasteiger partial charge in [-0.3, -0.25) is 4.79 Å². The number of ketones is 1. The van der Waals surface area contributed by atoms with Crippen LogP contribution >= 0.6 is 0 Å². The molecule has 0 aliphatic heterocycles. The van der Waals surface area contributed by atoms with Gasteiger partial charge in [0.2, 0.25) is 0 Å². The maximum absolute atomic E-state index is 10.9. The molecule has 0 aliphatic rings. The molecule has 0 aromatic rings. The molecule has 0 aromatic carbocycles. The Morgan fingerprint density at radius 2 is 2.36 bits per heavy atom. The van der Waals surface area contributed by atoms with E-state index in [-0.39, 0.29) is 12.4 Å². The Bertz CT molecular complexity index is 144. The second-order valence-corrected chi connectivity index (χ2v) is 2.23. The van der Waals surface area contributed by atoms with E-state index in [0.717, 1.165) is 6.42 Å². The first-order chi connectivity index (χ1) is 5.31. The molecule has 0 spiro atoms. The molecule has 0 aromatic heterocycles. The zero-order chi connectivity index (χ0) is 8.53. The quantitative estimate of drug-likeness (QED) is 0.427. The Balaban J connectivity index is 3.17. The van der Waals surface area contributed by atoms with E-state index < -0.39 is 0 Å². The summed E-state index contributed by atoms with van der Waals surface area (Å²) in [6, 6.07) is 0. The Kier molecular flexibility index (Phi) is 6.76. The van der Waals surface area contributed by atoms with Crippen LogP contribution in [0.4, 0.5) is 0 Å². The topological polar surface area (TPSA) is 26.3 Å². The van der Waals surface area contributed by atoms with Crippen LogP contribution in [0.3, 0.4) is 0 Å². The number of hydrogen-bond donors (Lipinski definition) is 0. The second-order valence-electron chi connectivity index (χ2n) is 2.23. The first-order valence-electron chi connectivity index (χ1n) is 3.84. The van der Waals surface area contributed by atoms with E-state index in [1.54, 1.807) is 0 Å². The lowest BCUT2D eigenvalue weighted by atomic mass is 10.2. The molecule has 11 heavy (non-hydrogen) atoms. The minimum atomic E-state index is 0.141. The van der Waals surface area contributed by atoms with Gasteiger partial charge in [0.05, 0.1) is 0 Å². The Hall–Kier alpha value is -0.810. The number of carbonyl (C=O) groups excluding carboxylic acids is 1. The van der Waals surface area contributed by atoms with Crippen molar-refractivity contribution in [2.24, 2.45) is 0 Å². The van der Waals surface area contributed by atoms with Gasteiger partial charge in [-0.05, 0) is 13.3 Å². The molecule has 62 valence electrons. The van der Waals surface area contributed by atoms with Crippen molar-refractivity contribution in [3.05, 3.63) is 0 Å². The predicted octanol–water partition coefficient (Wildman–Crippen LogP) is 1.40. The smallest absolute Gasteiger partial charge is 0.158 e. The monoisotopic (exact) mass is 154 g/mol. The predicted molar refractivity (Wildman–Crippen MR) is 44.2 cm³/mol. The molecule has 0 radical (unpaired) electrons. The Morgan fingerprint density at radius 1 is 1.64 bits per heavy atom. The van der Waals surface area contributed by atoms with Crippen molar-refractivity contribution < 1.29 is 9.53 Å². The number of terminal acetylenes is 1. The lowest BCUT2D eigenvalue weighted by Crippen LogP contribution is -2.07. The van der Waals surface area contributed by atoms with Crippen LogP contribution in [0.2, 0.25) is 0 Å². The molecule has 0 bridgehead atoms. The van der Waals surface area contributed by atoms with E-state index in [1.807, 2.05) is 6.92 Å². The number of carbonyl (C=O) groups is 1. The van der Waals surface area contributed by atoms with E-state index in [0.29, 0.717) is 19.4 Å². The van der Waals surface area contributed by atoms with Crippen molar-refractivity contribution in [2.45, 2.75) is 26.2 Å². The summed E-state index contributed by atoms with van der Waals surface area (Å²) in [6.07, 6.45) is 7.03. The summed E-state index contributed by atoms with van der Waals surface area (Å²) in [5, 5.41) is 0. The standard InChI is InChI=1S/C9H14O2/c1-3-5-6-7-9(10)8-11-4-2/h1H,4-8H2,2H3. The van der Waals surface area contributed by atoms with Crippen LogP contribution in [0, 0.1) is 12.3 Å². The zero-order valence-electron chi connectivity index (χ0n) is 6.93. The van der Waals surface area contributed by atoms with Gasteiger partial charge in [-0.2, -0.15) is 0 Å². The minimum absolute atomic E-state index is 0.141. The third-order valence-electron chi connectivity index (χ3n) is 1.24. The highest BCUT2D eigenvalue weighted by atomic mass is 16.5. The first-order valence-corrected chi connectivity index (χ1v) is 3.84. The maximum atomic E-state index is 10.9. The molecular weight excluding hydrogens is 140 g/mol. The average molecular weight is 154 g/mol.